The van der Waals surface area contributed by atoms with Crippen molar-refractivity contribution in [3.63, 3.8) is 0 Å². The number of nitrogen functional groups attached to an aromatic ring is 1. The van der Waals surface area contributed by atoms with Crippen LogP contribution in [0.25, 0.3) is 0 Å². The molecule has 0 fully saturated rings. The summed E-state index contributed by atoms with van der Waals surface area (Å²) in [5.41, 5.74) is 6.79. The Hall–Kier alpha value is -2.67. The monoisotopic (exact) mass is 513 g/mol. The van der Waals surface area contributed by atoms with Crippen LogP contribution >= 0.6 is 0 Å². The highest BCUT2D eigenvalue weighted by Gasteiger charge is 2.32. The molecular weight excluding hydrogens is 480 g/mol. The largest absolute Gasteiger partial charge is 0.431 e. The highest BCUT2D eigenvalue weighted by Crippen LogP contribution is 2.24. The average molecular weight is 514 g/mol. The van der Waals surface area contributed by atoms with Crippen LogP contribution in [-0.2, 0) is 23.7 Å². The van der Waals surface area contributed by atoms with Crippen LogP contribution in [0.15, 0.2) is 48.5 Å². The maximum Gasteiger partial charge on any atom is 0.421 e. The van der Waals surface area contributed by atoms with Crippen LogP contribution in [0.5, 0.6) is 5.75 Å². The summed E-state index contributed by atoms with van der Waals surface area (Å²) < 4.78 is 58.6. The van der Waals surface area contributed by atoms with Gasteiger partial charge in [-0.1, -0.05) is 12.1 Å². The quantitative estimate of drug-likeness (QED) is 0.156. The zero-order valence-electron chi connectivity index (χ0n) is 20.0. The molecule has 2 rings (SSSR count). The molecule has 0 saturated heterocycles. The minimum absolute atomic E-state index is 0.0183. The van der Waals surface area contributed by atoms with Crippen molar-refractivity contribution in [3.8, 4) is 5.75 Å². The second-order valence-electron chi connectivity index (χ2n) is 7.41. The Morgan fingerprint density at radius 2 is 1.25 bits per heavy atom. The van der Waals surface area contributed by atoms with E-state index >= 15 is 0 Å². The number of carbonyl (C=O) groups excluding carboxylic acids is 1. The molecule has 0 aliphatic carbocycles. The smallest absolute Gasteiger partial charge is 0.421 e. The molecular formula is C25H33F2NO8. The maximum absolute atomic E-state index is 14.0. The van der Waals surface area contributed by atoms with E-state index < -0.39 is 12.7 Å². The highest BCUT2D eigenvalue weighted by atomic mass is 19.3. The Morgan fingerprint density at radius 3 is 1.78 bits per heavy atom. The molecule has 2 aromatic rings. The molecule has 3 N–H and O–H groups in total. The van der Waals surface area contributed by atoms with Crippen LogP contribution in [0.2, 0.25) is 0 Å². The normalized spacial score (nSPS) is 11.5. The Balaban J connectivity index is 1.54. The predicted molar refractivity (Wildman–Crippen MR) is 127 cm³/mol. The van der Waals surface area contributed by atoms with Gasteiger partial charge >= 0.3 is 6.11 Å². The second kappa shape index (κ2) is 16.9. The Morgan fingerprint density at radius 1 is 0.750 bits per heavy atom. The summed E-state index contributed by atoms with van der Waals surface area (Å²) in [5.74, 6) is -0.412. The number of nitrogens with two attached hydrogens (primary N) is 1. The summed E-state index contributed by atoms with van der Waals surface area (Å²) in [7, 11) is 0. The van der Waals surface area contributed by atoms with Gasteiger partial charge in [0, 0.05) is 16.8 Å². The van der Waals surface area contributed by atoms with Crippen LogP contribution in [0, 0.1) is 0 Å². The lowest BCUT2D eigenvalue weighted by Crippen LogP contribution is -2.31. The minimum atomic E-state index is -3.55. The zero-order valence-corrected chi connectivity index (χ0v) is 20.0. The maximum atomic E-state index is 14.0. The van der Waals surface area contributed by atoms with E-state index in [1.165, 1.54) is 24.3 Å². The van der Waals surface area contributed by atoms with Gasteiger partial charge in [0.15, 0.2) is 12.4 Å². The molecule has 0 bridgehead atoms. The Labute approximate surface area is 209 Å². The van der Waals surface area contributed by atoms with Crippen LogP contribution in [0.1, 0.15) is 15.9 Å². The van der Waals surface area contributed by atoms with Crippen LogP contribution < -0.4 is 10.5 Å². The van der Waals surface area contributed by atoms with Gasteiger partial charge in [-0.3, -0.25) is 4.79 Å². The molecule has 0 unspecified atom stereocenters. The summed E-state index contributed by atoms with van der Waals surface area (Å²) in [6.45, 7) is 1.64. The first-order chi connectivity index (χ1) is 17.4. The van der Waals surface area contributed by atoms with E-state index in [-0.39, 0.29) is 44.6 Å². The van der Waals surface area contributed by atoms with Crippen molar-refractivity contribution in [1.82, 2.24) is 0 Å². The van der Waals surface area contributed by atoms with Gasteiger partial charge in [0.25, 0.3) is 0 Å². The van der Waals surface area contributed by atoms with Crippen molar-refractivity contribution < 1.29 is 47.1 Å². The molecule has 0 atom stereocenters. The van der Waals surface area contributed by atoms with Crippen molar-refractivity contribution in [2.75, 3.05) is 78.4 Å². The third-order valence-corrected chi connectivity index (χ3v) is 4.58. The Kier molecular flexibility index (Phi) is 13.9. The van der Waals surface area contributed by atoms with E-state index in [1.54, 1.807) is 24.3 Å². The fraction of sp³-hybridized carbons (Fsp3) is 0.480. The third-order valence-electron chi connectivity index (χ3n) is 4.58. The van der Waals surface area contributed by atoms with Crippen LogP contribution in [0.4, 0.5) is 14.5 Å². The number of carbonyl (C=O) groups is 1. The van der Waals surface area contributed by atoms with Gasteiger partial charge in [0.1, 0.15) is 5.75 Å². The van der Waals surface area contributed by atoms with Crippen molar-refractivity contribution in [2.45, 2.75) is 6.11 Å². The van der Waals surface area contributed by atoms with Gasteiger partial charge in [0.05, 0.1) is 66.1 Å². The first-order valence-corrected chi connectivity index (χ1v) is 11.5. The molecule has 0 aromatic heterocycles. The molecule has 0 heterocycles. The first kappa shape index (κ1) is 29.6. The molecule has 0 spiro atoms. The van der Waals surface area contributed by atoms with Crippen molar-refractivity contribution in [1.29, 1.82) is 0 Å². The molecule has 2 aromatic carbocycles. The minimum Gasteiger partial charge on any atom is -0.431 e. The summed E-state index contributed by atoms with van der Waals surface area (Å²) >= 11 is 0. The molecule has 36 heavy (non-hydrogen) atoms. The Bertz CT molecular complexity index is 883. The van der Waals surface area contributed by atoms with Crippen LogP contribution in [0.3, 0.4) is 0 Å². The summed E-state index contributed by atoms with van der Waals surface area (Å²) in [6.07, 6.45) is -3.55. The number of benzene rings is 2. The number of halogens is 2. The second-order valence-corrected chi connectivity index (χ2v) is 7.41. The number of hydrogen-bond acceptors (Lipinski definition) is 9. The average Bonchev–Trinajstić information content (AvgIpc) is 2.86. The number of aliphatic hydroxyl groups excluding tert-OH is 1. The van der Waals surface area contributed by atoms with E-state index in [1.807, 2.05) is 0 Å². The molecule has 0 aliphatic heterocycles. The lowest BCUT2D eigenvalue weighted by atomic mass is 10.0. The van der Waals surface area contributed by atoms with Gasteiger partial charge < -0.3 is 39.3 Å². The number of alkyl halides is 2. The molecule has 0 radical (unpaired) electrons. The molecule has 200 valence electrons. The molecule has 9 nitrogen and oxygen atoms in total. The van der Waals surface area contributed by atoms with Gasteiger partial charge in [-0.15, -0.1) is 0 Å². The molecule has 11 heteroatoms. The SMILES string of the molecule is Nc1ccccc1C(=O)c1ccc(OC(F)(F)COCCOCCOCCOCCOCCO)cc1. The van der Waals surface area contributed by atoms with Crippen molar-refractivity contribution in [3.05, 3.63) is 59.7 Å². The topological polar surface area (TPSA) is 119 Å². The lowest BCUT2D eigenvalue weighted by molar-refractivity contribution is -0.213. The fourth-order valence-electron chi connectivity index (χ4n) is 2.87. The predicted octanol–water partition coefficient (Wildman–Crippen LogP) is 2.55. The van der Waals surface area contributed by atoms with E-state index in [4.69, 9.17) is 39.3 Å². The first-order valence-electron chi connectivity index (χ1n) is 11.5. The molecule has 0 amide bonds. The summed E-state index contributed by atoms with van der Waals surface area (Å²) in [5, 5.41) is 8.55. The molecule has 0 aliphatic rings. The number of hydrogen-bond donors (Lipinski definition) is 2. The number of anilines is 1. The zero-order chi connectivity index (χ0) is 26.1. The molecule has 0 saturated carbocycles. The van der Waals surface area contributed by atoms with Crippen LogP contribution in [-0.4, -0.2) is 89.7 Å². The standard InChI is InChI=1S/C25H33F2NO8/c26-25(27,19-35-18-17-34-16-15-33-14-13-32-12-11-31-10-9-29)36-21-7-5-20(6-8-21)24(30)22-3-1-2-4-23(22)28/h1-8,29H,9-19,28H2. The van der Waals surface area contributed by atoms with Gasteiger partial charge in [-0.25, -0.2) is 0 Å². The number of ketones is 1. The van der Waals surface area contributed by atoms with Gasteiger partial charge in [0.2, 0.25) is 0 Å². The van der Waals surface area contributed by atoms with E-state index in [2.05, 4.69) is 0 Å². The van der Waals surface area contributed by atoms with E-state index in [0.29, 0.717) is 49.8 Å². The highest BCUT2D eigenvalue weighted by molar-refractivity contribution is 6.12. The number of ether oxygens (including phenoxy) is 6. The summed E-state index contributed by atoms with van der Waals surface area (Å²) in [6, 6.07) is 12.0. The number of para-hydroxylation sites is 1. The number of aliphatic hydroxyl groups is 1. The summed E-state index contributed by atoms with van der Waals surface area (Å²) in [4.78, 5) is 12.5. The third kappa shape index (κ3) is 11.8. The van der Waals surface area contributed by atoms with E-state index in [0.717, 1.165) is 0 Å². The van der Waals surface area contributed by atoms with E-state index in [9.17, 15) is 13.6 Å². The van der Waals surface area contributed by atoms with Gasteiger partial charge in [-0.05, 0) is 36.4 Å². The number of rotatable bonds is 20. The van der Waals surface area contributed by atoms with Crippen molar-refractivity contribution >= 4 is 11.5 Å². The fourth-order valence-corrected chi connectivity index (χ4v) is 2.87. The van der Waals surface area contributed by atoms with Gasteiger partial charge in [-0.2, -0.15) is 8.78 Å². The van der Waals surface area contributed by atoms with Crippen molar-refractivity contribution in [2.24, 2.45) is 0 Å². The lowest BCUT2D eigenvalue weighted by Gasteiger charge is -2.18.